The van der Waals surface area contributed by atoms with Crippen LogP contribution in [0.3, 0.4) is 0 Å². The average molecular weight is 451 g/mol. The molecule has 2 atom stereocenters. The number of hydrogen-bond acceptors (Lipinski definition) is 4. The van der Waals surface area contributed by atoms with E-state index in [1.807, 2.05) is 50.2 Å². The van der Waals surface area contributed by atoms with Gasteiger partial charge < -0.3 is 20.1 Å². The van der Waals surface area contributed by atoms with Gasteiger partial charge in [0.25, 0.3) is 0 Å². The summed E-state index contributed by atoms with van der Waals surface area (Å²) in [5, 5.41) is 12.2. The standard InChI is InChI=1S/C26H30N2O5/c1-16(2)23(24(29)28-14-8-7-13-22(28)25(30)31)27-26(32)33-15-21-19-11-5-3-9-17(19)18-10-4-6-12-20(18)21/h3-6,9-12,16,21-23H,7-8,13-15H2,1-2H3,(H,27,32)(H,30,31)/t22-,23?/m1/s1. The molecule has 7 heteroatoms. The normalized spacial score (nSPS) is 18.4. The van der Waals surface area contributed by atoms with Gasteiger partial charge in [-0.1, -0.05) is 62.4 Å². The number of rotatable bonds is 6. The minimum atomic E-state index is -1.01. The maximum Gasteiger partial charge on any atom is 0.407 e. The summed E-state index contributed by atoms with van der Waals surface area (Å²) in [6.07, 6.45) is 1.28. The number of alkyl carbamates (subject to hydrolysis) is 1. The lowest BCUT2D eigenvalue weighted by Crippen LogP contribution is -2.57. The van der Waals surface area contributed by atoms with Crippen molar-refractivity contribution in [2.24, 2.45) is 5.92 Å². The monoisotopic (exact) mass is 450 g/mol. The number of amides is 2. The van der Waals surface area contributed by atoms with Crippen LogP contribution in [0.15, 0.2) is 48.5 Å². The van der Waals surface area contributed by atoms with Crippen molar-refractivity contribution in [3.63, 3.8) is 0 Å². The van der Waals surface area contributed by atoms with Gasteiger partial charge in [-0.25, -0.2) is 9.59 Å². The number of aliphatic carboxylic acids is 1. The van der Waals surface area contributed by atoms with Crippen LogP contribution >= 0.6 is 0 Å². The van der Waals surface area contributed by atoms with E-state index in [9.17, 15) is 19.5 Å². The molecule has 2 aromatic carbocycles. The fourth-order valence-corrected chi connectivity index (χ4v) is 4.91. The molecule has 1 unspecified atom stereocenters. The van der Waals surface area contributed by atoms with Gasteiger partial charge >= 0.3 is 12.1 Å². The van der Waals surface area contributed by atoms with E-state index in [0.717, 1.165) is 35.1 Å². The largest absolute Gasteiger partial charge is 0.480 e. The first-order valence-electron chi connectivity index (χ1n) is 11.5. The lowest BCUT2D eigenvalue weighted by molar-refractivity contribution is -0.153. The van der Waals surface area contributed by atoms with Crippen molar-refractivity contribution in [3.05, 3.63) is 59.7 Å². The number of nitrogens with one attached hydrogen (secondary N) is 1. The number of carbonyl (C=O) groups excluding carboxylic acids is 2. The molecule has 0 saturated carbocycles. The van der Waals surface area contributed by atoms with Crippen molar-refractivity contribution in [2.75, 3.05) is 13.2 Å². The molecule has 0 bridgehead atoms. The van der Waals surface area contributed by atoms with Crippen molar-refractivity contribution in [2.45, 2.75) is 51.1 Å². The fraction of sp³-hybridized carbons (Fsp3) is 0.423. The van der Waals surface area contributed by atoms with Crippen molar-refractivity contribution < 1.29 is 24.2 Å². The molecule has 4 rings (SSSR count). The number of fused-ring (bicyclic) bond motifs is 3. The van der Waals surface area contributed by atoms with Crippen LogP contribution in [0.25, 0.3) is 11.1 Å². The first-order valence-corrected chi connectivity index (χ1v) is 11.5. The van der Waals surface area contributed by atoms with E-state index in [2.05, 4.69) is 17.4 Å². The summed E-state index contributed by atoms with van der Waals surface area (Å²) < 4.78 is 5.60. The summed E-state index contributed by atoms with van der Waals surface area (Å²) in [4.78, 5) is 38.9. The highest BCUT2D eigenvalue weighted by molar-refractivity contribution is 5.89. The maximum absolute atomic E-state index is 13.2. The van der Waals surface area contributed by atoms with E-state index < -0.39 is 24.1 Å². The molecule has 2 N–H and O–H groups in total. The van der Waals surface area contributed by atoms with Gasteiger partial charge in [-0.15, -0.1) is 0 Å². The second kappa shape index (κ2) is 9.65. The fourth-order valence-electron chi connectivity index (χ4n) is 4.91. The zero-order valence-corrected chi connectivity index (χ0v) is 19.0. The lowest BCUT2D eigenvalue weighted by Gasteiger charge is -2.36. The molecule has 7 nitrogen and oxygen atoms in total. The molecule has 1 aliphatic heterocycles. The van der Waals surface area contributed by atoms with Crippen molar-refractivity contribution in [1.29, 1.82) is 0 Å². The number of ether oxygens (including phenoxy) is 1. The maximum atomic E-state index is 13.2. The molecule has 1 aliphatic carbocycles. The SMILES string of the molecule is CC(C)C(NC(=O)OCC1c2ccccc2-c2ccccc21)C(=O)N1CCCC[C@@H]1C(=O)O. The van der Waals surface area contributed by atoms with Crippen molar-refractivity contribution >= 4 is 18.0 Å². The van der Waals surface area contributed by atoms with Crippen LogP contribution in [0.4, 0.5) is 4.79 Å². The zero-order chi connectivity index (χ0) is 23.5. The van der Waals surface area contributed by atoms with Crippen LogP contribution in [0.5, 0.6) is 0 Å². The first kappa shape index (κ1) is 22.8. The minimum Gasteiger partial charge on any atom is -0.480 e. The van der Waals surface area contributed by atoms with E-state index in [4.69, 9.17) is 4.74 Å². The van der Waals surface area contributed by atoms with Crippen LogP contribution in [0.1, 0.15) is 50.2 Å². The number of piperidine rings is 1. The predicted molar refractivity (Wildman–Crippen MR) is 124 cm³/mol. The smallest absolute Gasteiger partial charge is 0.407 e. The molecule has 0 spiro atoms. The summed E-state index contributed by atoms with van der Waals surface area (Å²) in [5.41, 5.74) is 4.51. The van der Waals surface area contributed by atoms with Gasteiger partial charge in [-0.2, -0.15) is 0 Å². The van der Waals surface area contributed by atoms with E-state index in [-0.39, 0.29) is 24.3 Å². The molecule has 2 aliphatic rings. The Morgan fingerprint density at radius 2 is 1.64 bits per heavy atom. The summed E-state index contributed by atoms with van der Waals surface area (Å²) in [6, 6.07) is 14.5. The molecule has 33 heavy (non-hydrogen) atoms. The Morgan fingerprint density at radius 3 is 2.21 bits per heavy atom. The number of nitrogens with zero attached hydrogens (tertiary/aromatic N) is 1. The van der Waals surface area contributed by atoms with Crippen LogP contribution in [0.2, 0.25) is 0 Å². The second-order valence-electron chi connectivity index (χ2n) is 9.07. The van der Waals surface area contributed by atoms with E-state index >= 15 is 0 Å². The Hall–Kier alpha value is -3.35. The molecule has 174 valence electrons. The van der Waals surface area contributed by atoms with Gasteiger partial charge in [0.15, 0.2) is 0 Å². The van der Waals surface area contributed by atoms with Gasteiger partial charge in [0, 0.05) is 12.5 Å². The van der Waals surface area contributed by atoms with E-state index in [1.165, 1.54) is 4.90 Å². The summed E-state index contributed by atoms with van der Waals surface area (Å²) in [7, 11) is 0. The highest BCUT2D eigenvalue weighted by Gasteiger charge is 2.37. The molecule has 2 aromatic rings. The molecule has 1 saturated heterocycles. The number of likely N-dealkylation sites (tertiary alicyclic amines) is 1. The third-order valence-electron chi connectivity index (χ3n) is 6.62. The van der Waals surface area contributed by atoms with Gasteiger partial charge in [0.1, 0.15) is 18.7 Å². The third-order valence-corrected chi connectivity index (χ3v) is 6.62. The minimum absolute atomic E-state index is 0.0742. The topological polar surface area (TPSA) is 95.9 Å². The molecule has 2 amide bonds. The van der Waals surface area contributed by atoms with Crippen LogP contribution < -0.4 is 5.32 Å². The number of carboxylic acids is 1. The lowest BCUT2D eigenvalue weighted by atomic mass is 9.97. The summed E-state index contributed by atoms with van der Waals surface area (Å²) in [6.45, 7) is 4.18. The number of carbonyl (C=O) groups is 3. The van der Waals surface area contributed by atoms with E-state index in [0.29, 0.717) is 13.0 Å². The zero-order valence-electron chi connectivity index (χ0n) is 19.0. The van der Waals surface area contributed by atoms with Crippen LogP contribution in [-0.2, 0) is 14.3 Å². The van der Waals surface area contributed by atoms with Crippen LogP contribution in [0, 0.1) is 5.92 Å². The average Bonchev–Trinajstić information content (AvgIpc) is 3.14. The quantitative estimate of drug-likeness (QED) is 0.693. The molecule has 1 heterocycles. The summed E-state index contributed by atoms with van der Waals surface area (Å²) in [5.74, 6) is -1.67. The van der Waals surface area contributed by atoms with Gasteiger partial charge in [0.05, 0.1) is 0 Å². The van der Waals surface area contributed by atoms with Crippen molar-refractivity contribution in [3.8, 4) is 11.1 Å². The highest BCUT2D eigenvalue weighted by atomic mass is 16.5. The Morgan fingerprint density at radius 1 is 1.03 bits per heavy atom. The number of carboxylic acid groups (broad SMARTS) is 1. The number of hydrogen-bond donors (Lipinski definition) is 2. The molecular weight excluding hydrogens is 420 g/mol. The highest BCUT2D eigenvalue weighted by Crippen LogP contribution is 2.44. The van der Waals surface area contributed by atoms with Gasteiger partial charge in [0.2, 0.25) is 5.91 Å². The van der Waals surface area contributed by atoms with Gasteiger partial charge in [-0.05, 0) is 47.4 Å². The molecular formula is C26H30N2O5. The van der Waals surface area contributed by atoms with Crippen molar-refractivity contribution in [1.82, 2.24) is 10.2 Å². The molecule has 1 fully saturated rings. The second-order valence-corrected chi connectivity index (χ2v) is 9.07. The molecule has 0 aromatic heterocycles. The Kier molecular flexibility index (Phi) is 6.67. The third kappa shape index (κ3) is 4.58. The Bertz CT molecular complexity index is 1000. The molecule has 0 radical (unpaired) electrons. The van der Waals surface area contributed by atoms with Crippen LogP contribution in [-0.4, -0.2) is 53.2 Å². The Labute approximate surface area is 193 Å². The summed E-state index contributed by atoms with van der Waals surface area (Å²) >= 11 is 0. The van der Waals surface area contributed by atoms with Gasteiger partial charge in [-0.3, -0.25) is 4.79 Å². The number of benzene rings is 2. The predicted octanol–water partition coefficient (Wildman–Crippen LogP) is 4.02. The van der Waals surface area contributed by atoms with E-state index in [1.54, 1.807) is 0 Å². The Balaban J connectivity index is 1.44. The first-order chi connectivity index (χ1) is 15.9.